The molecule has 5 nitrogen and oxygen atoms in total. The second-order valence-electron chi connectivity index (χ2n) is 2.91. The third-order valence-corrected chi connectivity index (χ3v) is 1.55. The van der Waals surface area contributed by atoms with Gasteiger partial charge in [0.05, 0.1) is 5.69 Å². The minimum atomic E-state index is -4.41. The van der Waals surface area contributed by atoms with Crippen LogP contribution >= 0.6 is 0 Å². The maximum absolute atomic E-state index is 11.9. The number of pyridine rings is 1. The van der Waals surface area contributed by atoms with E-state index in [1.807, 2.05) is 0 Å². The summed E-state index contributed by atoms with van der Waals surface area (Å²) in [6.45, 7) is 0.108. The maximum atomic E-state index is 11.9. The molecule has 0 aliphatic carbocycles. The third-order valence-electron chi connectivity index (χ3n) is 1.55. The molecule has 0 radical (unpaired) electrons. The van der Waals surface area contributed by atoms with Crippen LogP contribution in [0.4, 0.5) is 18.9 Å². The molecule has 16 heavy (non-hydrogen) atoms. The number of halogens is 3. The lowest BCUT2D eigenvalue weighted by Crippen LogP contribution is -2.20. The van der Waals surface area contributed by atoms with Gasteiger partial charge in [0.1, 0.15) is 0 Å². The monoisotopic (exact) mass is 232 g/mol. The minimum absolute atomic E-state index is 0.130. The van der Waals surface area contributed by atoms with Crippen LogP contribution < -0.4 is 4.74 Å². The fourth-order valence-corrected chi connectivity index (χ4v) is 0.955. The van der Waals surface area contributed by atoms with E-state index >= 15 is 0 Å². The number of rotatable bonds is 3. The molecule has 0 saturated carbocycles. The first-order chi connectivity index (χ1) is 7.42. The van der Waals surface area contributed by atoms with Crippen molar-refractivity contribution in [3.63, 3.8) is 0 Å². The third kappa shape index (κ3) is 3.66. The van der Waals surface area contributed by atoms with Crippen molar-refractivity contribution >= 4 is 5.69 Å². The van der Waals surface area contributed by atoms with Gasteiger partial charge in [0.2, 0.25) is 5.88 Å². The largest absolute Gasteiger partial charge is 0.468 e. The van der Waals surface area contributed by atoms with Gasteiger partial charge in [0, 0.05) is 16.7 Å². The van der Waals surface area contributed by atoms with E-state index in [-0.39, 0.29) is 11.6 Å². The van der Waals surface area contributed by atoms with Crippen LogP contribution in [0.2, 0.25) is 0 Å². The molecule has 0 unspecified atom stereocenters. The van der Waals surface area contributed by atoms with Gasteiger partial charge >= 0.3 is 6.18 Å². The fourth-order valence-electron chi connectivity index (χ4n) is 0.955. The molecule has 0 aliphatic rings. The number of ether oxygens (including phenoxy) is 1. The van der Waals surface area contributed by atoms with E-state index in [0.29, 0.717) is 5.56 Å². The van der Waals surface area contributed by atoms with Gasteiger partial charge in [-0.25, -0.2) is 4.98 Å². The van der Waals surface area contributed by atoms with Gasteiger partial charge in [-0.05, 0) is 18.5 Å². The van der Waals surface area contributed by atoms with E-state index in [1.165, 1.54) is 13.0 Å². The van der Waals surface area contributed by atoms with Crippen molar-refractivity contribution in [2.24, 2.45) is 5.11 Å². The molecule has 0 aliphatic heterocycles. The summed E-state index contributed by atoms with van der Waals surface area (Å²) in [5.41, 5.74) is 8.73. The Bertz CT molecular complexity index is 426. The molecular weight excluding hydrogens is 225 g/mol. The van der Waals surface area contributed by atoms with E-state index < -0.39 is 12.8 Å². The lowest BCUT2D eigenvalue weighted by atomic mass is 10.3. The molecular formula is C8H7F3N4O. The number of hydrogen-bond donors (Lipinski definition) is 0. The second kappa shape index (κ2) is 4.71. The zero-order chi connectivity index (χ0) is 12.2. The van der Waals surface area contributed by atoms with Crippen LogP contribution in [0, 0.1) is 6.92 Å². The van der Waals surface area contributed by atoms with E-state index in [2.05, 4.69) is 19.7 Å². The van der Waals surface area contributed by atoms with E-state index in [1.54, 1.807) is 0 Å². The van der Waals surface area contributed by atoms with Crippen LogP contribution in [0.5, 0.6) is 5.88 Å². The number of alkyl halides is 3. The molecule has 1 heterocycles. The number of nitrogens with zero attached hydrogens (tertiary/aromatic N) is 4. The summed E-state index contributed by atoms with van der Waals surface area (Å²) >= 11 is 0. The Morgan fingerprint density at radius 2 is 2.25 bits per heavy atom. The highest BCUT2D eigenvalue weighted by atomic mass is 19.4. The Morgan fingerprint density at radius 3 is 2.75 bits per heavy atom. The summed E-state index contributed by atoms with van der Waals surface area (Å²) in [4.78, 5) is 6.14. The molecule has 0 atom stereocenters. The average molecular weight is 232 g/mol. The summed E-state index contributed by atoms with van der Waals surface area (Å²) in [5, 5.41) is 3.26. The van der Waals surface area contributed by atoms with Crippen LogP contribution in [0.25, 0.3) is 10.4 Å². The standard InChI is InChI=1S/C8H7F3N4O/c1-5-2-6(14-15-12)3-13-7(5)16-4-8(9,10)11/h2-3H,4H2,1H3. The van der Waals surface area contributed by atoms with Gasteiger partial charge in [0.15, 0.2) is 6.61 Å². The van der Waals surface area contributed by atoms with Crippen molar-refractivity contribution in [2.45, 2.75) is 13.1 Å². The lowest BCUT2D eigenvalue weighted by molar-refractivity contribution is -0.154. The van der Waals surface area contributed by atoms with E-state index in [9.17, 15) is 13.2 Å². The highest BCUT2D eigenvalue weighted by Gasteiger charge is 2.28. The fraction of sp³-hybridized carbons (Fsp3) is 0.375. The summed E-state index contributed by atoms with van der Waals surface area (Å²) in [5.74, 6) is -0.130. The first kappa shape index (κ1) is 12.1. The van der Waals surface area contributed by atoms with Gasteiger partial charge in [-0.2, -0.15) is 13.2 Å². The van der Waals surface area contributed by atoms with Gasteiger partial charge < -0.3 is 4.74 Å². The zero-order valence-electron chi connectivity index (χ0n) is 8.19. The predicted octanol–water partition coefficient (Wildman–Crippen LogP) is 3.27. The predicted molar refractivity (Wildman–Crippen MR) is 49.3 cm³/mol. The normalized spacial score (nSPS) is 10.8. The number of aromatic nitrogens is 1. The SMILES string of the molecule is Cc1cc(N=[N+]=[N-])cnc1OCC(F)(F)F. The molecule has 8 heteroatoms. The van der Waals surface area contributed by atoms with Crippen LogP contribution in [0.1, 0.15) is 5.56 Å². The molecule has 1 aromatic heterocycles. The number of azide groups is 1. The lowest BCUT2D eigenvalue weighted by Gasteiger charge is -2.10. The summed E-state index contributed by atoms with van der Waals surface area (Å²) in [7, 11) is 0. The van der Waals surface area contributed by atoms with Crippen molar-refractivity contribution in [1.82, 2.24) is 4.98 Å². The highest BCUT2D eigenvalue weighted by molar-refractivity contribution is 5.41. The Kier molecular flexibility index (Phi) is 3.57. The molecule has 0 bridgehead atoms. The average Bonchev–Trinajstić information content (AvgIpc) is 2.15. The molecule has 0 saturated heterocycles. The molecule has 0 N–H and O–H groups in total. The van der Waals surface area contributed by atoms with Crippen LogP contribution in [0.15, 0.2) is 17.4 Å². The Balaban J connectivity index is 2.79. The molecule has 86 valence electrons. The molecule has 0 spiro atoms. The molecule has 0 amide bonds. The van der Waals surface area contributed by atoms with E-state index in [4.69, 9.17) is 5.53 Å². The van der Waals surface area contributed by atoms with Crippen LogP contribution in [-0.4, -0.2) is 17.8 Å². The van der Waals surface area contributed by atoms with Gasteiger partial charge in [-0.1, -0.05) is 5.11 Å². The second-order valence-corrected chi connectivity index (χ2v) is 2.91. The number of aryl methyl sites for hydroxylation is 1. The summed E-state index contributed by atoms with van der Waals surface area (Å²) in [6, 6.07) is 1.39. The maximum Gasteiger partial charge on any atom is 0.422 e. The first-order valence-corrected chi connectivity index (χ1v) is 4.13. The van der Waals surface area contributed by atoms with Crippen molar-refractivity contribution in [3.05, 3.63) is 28.3 Å². The Labute approximate surface area is 88.5 Å². The van der Waals surface area contributed by atoms with E-state index in [0.717, 1.165) is 6.20 Å². The van der Waals surface area contributed by atoms with Gasteiger partial charge in [-0.15, -0.1) is 0 Å². The summed E-state index contributed by atoms with van der Waals surface area (Å²) < 4.78 is 40.0. The zero-order valence-corrected chi connectivity index (χ0v) is 8.19. The van der Waals surface area contributed by atoms with Crippen LogP contribution in [0.3, 0.4) is 0 Å². The quantitative estimate of drug-likeness (QED) is 0.455. The van der Waals surface area contributed by atoms with Crippen molar-refractivity contribution < 1.29 is 17.9 Å². The van der Waals surface area contributed by atoms with Gasteiger partial charge in [0.25, 0.3) is 0 Å². The topological polar surface area (TPSA) is 70.9 Å². The Morgan fingerprint density at radius 1 is 1.56 bits per heavy atom. The number of hydrogen-bond acceptors (Lipinski definition) is 3. The molecule has 0 fully saturated rings. The Hall–Kier alpha value is -1.95. The van der Waals surface area contributed by atoms with Crippen molar-refractivity contribution in [2.75, 3.05) is 6.61 Å². The molecule has 1 rings (SSSR count). The van der Waals surface area contributed by atoms with Crippen molar-refractivity contribution in [1.29, 1.82) is 0 Å². The smallest absolute Gasteiger partial charge is 0.422 e. The van der Waals surface area contributed by atoms with Crippen molar-refractivity contribution in [3.8, 4) is 5.88 Å². The summed E-state index contributed by atoms with van der Waals surface area (Å²) in [6.07, 6.45) is -3.27. The minimum Gasteiger partial charge on any atom is -0.468 e. The molecule has 1 aromatic rings. The first-order valence-electron chi connectivity index (χ1n) is 4.13. The highest BCUT2D eigenvalue weighted by Crippen LogP contribution is 2.23. The van der Waals surface area contributed by atoms with Crippen LogP contribution in [-0.2, 0) is 0 Å². The molecule has 0 aromatic carbocycles. The van der Waals surface area contributed by atoms with Gasteiger partial charge in [-0.3, -0.25) is 0 Å².